The van der Waals surface area contributed by atoms with E-state index < -0.39 is 0 Å². The summed E-state index contributed by atoms with van der Waals surface area (Å²) >= 11 is 0. The van der Waals surface area contributed by atoms with E-state index in [9.17, 15) is 9.59 Å². The molecule has 0 radical (unpaired) electrons. The van der Waals surface area contributed by atoms with Gasteiger partial charge < -0.3 is 9.64 Å². The minimum atomic E-state index is 0.0467. The number of Topliss-reactive ketones (excluding diaryl/α,β-unsaturated/α-hetero) is 2. The van der Waals surface area contributed by atoms with Gasteiger partial charge in [0.25, 0.3) is 0 Å². The lowest BCUT2D eigenvalue weighted by Gasteiger charge is -2.46. The first-order valence-corrected chi connectivity index (χ1v) is 8.60. The van der Waals surface area contributed by atoms with E-state index in [4.69, 9.17) is 4.74 Å². The van der Waals surface area contributed by atoms with Crippen molar-refractivity contribution in [1.82, 2.24) is 9.88 Å². The van der Waals surface area contributed by atoms with Gasteiger partial charge >= 0.3 is 0 Å². The zero-order valence-corrected chi connectivity index (χ0v) is 14.4. The van der Waals surface area contributed by atoms with Crippen LogP contribution in [0.1, 0.15) is 37.0 Å². The molecule has 1 aromatic rings. The van der Waals surface area contributed by atoms with Gasteiger partial charge in [0.15, 0.2) is 11.6 Å². The van der Waals surface area contributed by atoms with Crippen molar-refractivity contribution in [3.8, 4) is 0 Å². The number of hydrogen-bond acceptors (Lipinski definition) is 6. The van der Waals surface area contributed by atoms with Crippen LogP contribution in [0.3, 0.4) is 0 Å². The average molecular weight is 331 g/mol. The predicted octanol–water partition coefficient (Wildman–Crippen LogP) is 1.54. The molecule has 1 aliphatic heterocycles. The summed E-state index contributed by atoms with van der Waals surface area (Å²) in [5.41, 5.74) is 0.656. The Hall–Kier alpha value is -1.79. The first kappa shape index (κ1) is 17.0. The molecule has 0 N–H and O–H groups in total. The highest BCUT2D eigenvalue weighted by molar-refractivity contribution is 5.93. The van der Waals surface area contributed by atoms with Gasteiger partial charge in [-0.15, -0.1) is 0 Å². The number of ether oxygens (including phenoxy) is 1. The first-order valence-electron chi connectivity index (χ1n) is 8.60. The van der Waals surface area contributed by atoms with Gasteiger partial charge in [0.2, 0.25) is 0 Å². The number of carbonyl (C=O) groups is 2. The van der Waals surface area contributed by atoms with Crippen molar-refractivity contribution in [2.45, 2.75) is 38.8 Å². The molecule has 1 aromatic heterocycles. The van der Waals surface area contributed by atoms with Gasteiger partial charge in [-0.2, -0.15) is 0 Å². The van der Waals surface area contributed by atoms with Gasteiger partial charge in [-0.1, -0.05) is 0 Å². The SMILES string of the molecule is CC(=O)COC1CC(N2CCN(c3ccc(C(C)=O)cn3)CC2)C1. The summed E-state index contributed by atoms with van der Waals surface area (Å²) in [6, 6.07) is 4.36. The van der Waals surface area contributed by atoms with Crippen LogP contribution in [0, 0.1) is 0 Å². The van der Waals surface area contributed by atoms with Crippen molar-refractivity contribution in [3.05, 3.63) is 23.9 Å². The lowest BCUT2D eigenvalue weighted by Crippen LogP contribution is -2.55. The normalized spacial score (nSPS) is 24.5. The largest absolute Gasteiger partial charge is 0.370 e. The summed E-state index contributed by atoms with van der Waals surface area (Å²) in [6.45, 7) is 7.28. The van der Waals surface area contributed by atoms with Crippen LogP contribution in [0.2, 0.25) is 0 Å². The van der Waals surface area contributed by atoms with Gasteiger partial charge in [0, 0.05) is 44.0 Å². The van der Waals surface area contributed by atoms with Gasteiger partial charge in [-0.05, 0) is 38.8 Å². The second-order valence-corrected chi connectivity index (χ2v) is 6.74. The Morgan fingerprint density at radius 3 is 2.42 bits per heavy atom. The maximum Gasteiger partial charge on any atom is 0.161 e. The zero-order valence-electron chi connectivity index (χ0n) is 14.4. The van der Waals surface area contributed by atoms with Crippen molar-refractivity contribution < 1.29 is 14.3 Å². The number of aromatic nitrogens is 1. The quantitative estimate of drug-likeness (QED) is 0.737. The van der Waals surface area contributed by atoms with Crippen LogP contribution in [0.15, 0.2) is 18.3 Å². The first-order chi connectivity index (χ1) is 11.5. The number of nitrogens with zero attached hydrogens (tertiary/aromatic N) is 3. The molecule has 0 amide bonds. The van der Waals surface area contributed by atoms with Gasteiger partial charge in [-0.25, -0.2) is 4.98 Å². The number of rotatable bonds is 6. The minimum Gasteiger partial charge on any atom is -0.370 e. The molecule has 1 saturated carbocycles. The fourth-order valence-electron chi connectivity index (χ4n) is 3.30. The zero-order chi connectivity index (χ0) is 17.1. The number of carbonyl (C=O) groups excluding carboxylic acids is 2. The van der Waals surface area contributed by atoms with Crippen molar-refractivity contribution >= 4 is 17.4 Å². The fourth-order valence-corrected chi connectivity index (χ4v) is 3.30. The smallest absolute Gasteiger partial charge is 0.161 e. The fraction of sp³-hybridized carbons (Fsp3) is 0.611. The second-order valence-electron chi connectivity index (χ2n) is 6.74. The van der Waals surface area contributed by atoms with E-state index in [2.05, 4.69) is 14.8 Å². The summed E-state index contributed by atoms with van der Waals surface area (Å²) in [5.74, 6) is 1.08. The molecule has 130 valence electrons. The highest BCUT2D eigenvalue weighted by Crippen LogP contribution is 2.29. The molecule has 0 bridgehead atoms. The molecule has 0 aromatic carbocycles. The summed E-state index contributed by atoms with van der Waals surface area (Å²) in [6.07, 6.45) is 3.96. The Kier molecular flexibility index (Phi) is 5.26. The molecular weight excluding hydrogens is 306 g/mol. The van der Waals surface area contributed by atoms with Gasteiger partial charge in [0.1, 0.15) is 12.4 Å². The van der Waals surface area contributed by atoms with Crippen LogP contribution < -0.4 is 4.90 Å². The molecule has 24 heavy (non-hydrogen) atoms. The van der Waals surface area contributed by atoms with Crippen LogP contribution in [-0.4, -0.2) is 66.4 Å². The lowest BCUT2D eigenvalue weighted by molar-refractivity contribution is -0.127. The van der Waals surface area contributed by atoms with Crippen LogP contribution in [0.5, 0.6) is 0 Å². The van der Waals surface area contributed by atoms with E-state index >= 15 is 0 Å². The number of pyridine rings is 1. The molecule has 6 nitrogen and oxygen atoms in total. The van der Waals surface area contributed by atoms with E-state index in [1.807, 2.05) is 12.1 Å². The topological polar surface area (TPSA) is 62.7 Å². The molecule has 0 atom stereocenters. The molecule has 1 saturated heterocycles. The molecule has 2 aliphatic rings. The number of ketones is 2. The Labute approximate surface area is 142 Å². The number of anilines is 1. The molecule has 2 fully saturated rings. The van der Waals surface area contributed by atoms with E-state index in [-0.39, 0.29) is 24.3 Å². The Bertz CT molecular complexity index is 588. The second kappa shape index (κ2) is 7.40. The molecule has 6 heteroatoms. The van der Waals surface area contributed by atoms with Crippen LogP contribution in [-0.2, 0) is 9.53 Å². The third-order valence-corrected chi connectivity index (χ3v) is 4.90. The predicted molar refractivity (Wildman–Crippen MR) is 91.5 cm³/mol. The summed E-state index contributed by atoms with van der Waals surface area (Å²) in [4.78, 5) is 31.4. The lowest BCUT2D eigenvalue weighted by atomic mass is 9.87. The minimum absolute atomic E-state index is 0.0467. The van der Waals surface area contributed by atoms with Crippen molar-refractivity contribution in [2.75, 3.05) is 37.7 Å². The molecular formula is C18H25N3O3. The summed E-state index contributed by atoms with van der Waals surface area (Å²) in [7, 11) is 0. The van der Waals surface area contributed by atoms with Crippen molar-refractivity contribution in [2.24, 2.45) is 0 Å². The van der Waals surface area contributed by atoms with Crippen LogP contribution >= 0.6 is 0 Å². The summed E-state index contributed by atoms with van der Waals surface area (Å²) < 4.78 is 5.56. The van der Waals surface area contributed by atoms with Crippen LogP contribution in [0.25, 0.3) is 0 Å². The average Bonchev–Trinajstić information content (AvgIpc) is 2.54. The van der Waals surface area contributed by atoms with Gasteiger partial charge in [-0.3, -0.25) is 14.5 Å². The number of piperazine rings is 1. The standard InChI is InChI=1S/C18H25N3O3/c1-13(22)12-24-17-9-16(10-17)20-5-7-21(8-6-20)18-4-3-15(11-19-18)14(2)23/h3-4,11,16-17H,5-10,12H2,1-2H3. The van der Waals surface area contributed by atoms with E-state index in [1.165, 1.54) is 0 Å². The third kappa shape index (κ3) is 3.99. The van der Waals surface area contributed by atoms with E-state index in [1.54, 1.807) is 20.0 Å². The molecule has 2 heterocycles. The highest BCUT2D eigenvalue weighted by Gasteiger charge is 2.35. The maximum atomic E-state index is 11.3. The summed E-state index contributed by atoms with van der Waals surface area (Å²) in [5, 5.41) is 0. The molecule has 3 rings (SSSR count). The molecule has 1 aliphatic carbocycles. The Morgan fingerprint density at radius 2 is 1.88 bits per heavy atom. The van der Waals surface area contributed by atoms with Crippen molar-refractivity contribution in [1.29, 1.82) is 0 Å². The number of hydrogen-bond donors (Lipinski definition) is 0. The molecule has 0 spiro atoms. The Morgan fingerprint density at radius 1 is 1.17 bits per heavy atom. The maximum absolute atomic E-state index is 11.3. The van der Waals surface area contributed by atoms with Crippen LogP contribution in [0.4, 0.5) is 5.82 Å². The third-order valence-electron chi connectivity index (χ3n) is 4.90. The highest BCUT2D eigenvalue weighted by atomic mass is 16.5. The van der Waals surface area contributed by atoms with E-state index in [0.29, 0.717) is 11.6 Å². The van der Waals surface area contributed by atoms with E-state index in [0.717, 1.165) is 44.8 Å². The van der Waals surface area contributed by atoms with Gasteiger partial charge in [0.05, 0.1) is 6.10 Å². The molecule has 0 unspecified atom stereocenters. The van der Waals surface area contributed by atoms with Crippen molar-refractivity contribution in [3.63, 3.8) is 0 Å². The Balaban J connectivity index is 1.43. The monoisotopic (exact) mass is 331 g/mol.